The Kier molecular flexibility index (Phi) is 3.51. The van der Waals surface area contributed by atoms with Crippen molar-refractivity contribution in [2.45, 2.75) is 13.8 Å². The molecule has 0 amide bonds. The van der Waals surface area contributed by atoms with Gasteiger partial charge in [-0.3, -0.25) is 0 Å². The van der Waals surface area contributed by atoms with Crippen molar-refractivity contribution in [1.29, 1.82) is 0 Å². The van der Waals surface area contributed by atoms with Gasteiger partial charge in [-0.1, -0.05) is 24.3 Å². The van der Waals surface area contributed by atoms with Crippen LogP contribution in [0.15, 0.2) is 35.6 Å². The van der Waals surface area contributed by atoms with Crippen molar-refractivity contribution in [2.75, 3.05) is 6.61 Å². The molecule has 0 saturated carbocycles. The fourth-order valence-corrected chi connectivity index (χ4v) is 0.995. The van der Waals surface area contributed by atoms with E-state index in [-0.39, 0.29) is 6.61 Å². The minimum absolute atomic E-state index is 0.0718. The molecule has 0 saturated heterocycles. The third-order valence-corrected chi connectivity index (χ3v) is 1.90. The first-order chi connectivity index (χ1) is 6.24. The third-order valence-electron chi connectivity index (χ3n) is 1.90. The Bertz CT molecular complexity index is 344. The first-order valence-electron chi connectivity index (χ1n) is 4.32. The Hall–Kier alpha value is -1.30. The van der Waals surface area contributed by atoms with Gasteiger partial charge in [0.25, 0.3) is 0 Å². The summed E-state index contributed by atoms with van der Waals surface area (Å²) in [5, 5.41) is 8.76. The summed E-state index contributed by atoms with van der Waals surface area (Å²) in [6.07, 6.45) is 1.90. The van der Waals surface area contributed by atoms with Crippen LogP contribution in [0.2, 0.25) is 0 Å². The Balaban J connectivity index is 2.98. The van der Waals surface area contributed by atoms with Gasteiger partial charge in [0.15, 0.2) is 0 Å². The van der Waals surface area contributed by atoms with E-state index < -0.39 is 0 Å². The molecule has 1 rings (SSSR count). The van der Waals surface area contributed by atoms with Gasteiger partial charge < -0.3 is 5.11 Å². The van der Waals surface area contributed by atoms with Crippen molar-refractivity contribution in [1.82, 2.24) is 0 Å². The van der Waals surface area contributed by atoms with E-state index in [1.165, 1.54) is 5.56 Å². The molecule has 0 radical (unpaired) electrons. The van der Waals surface area contributed by atoms with Crippen molar-refractivity contribution < 1.29 is 5.11 Å². The zero-order valence-corrected chi connectivity index (χ0v) is 8.04. The van der Waals surface area contributed by atoms with E-state index in [9.17, 15) is 0 Å². The average molecular weight is 174 g/mol. The van der Waals surface area contributed by atoms with Gasteiger partial charge in [0.1, 0.15) is 0 Å². The topological polar surface area (TPSA) is 20.2 Å². The second-order valence-electron chi connectivity index (χ2n) is 3.08. The van der Waals surface area contributed by atoms with Crippen LogP contribution in [0.25, 0.3) is 6.08 Å². The molecule has 0 bridgehead atoms. The van der Waals surface area contributed by atoms with Crippen LogP contribution in [0.4, 0.5) is 0 Å². The highest BCUT2D eigenvalue weighted by atomic mass is 16.3. The second-order valence-corrected chi connectivity index (χ2v) is 3.08. The van der Waals surface area contributed by atoms with Crippen molar-refractivity contribution >= 4 is 6.08 Å². The van der Waals surface area contributed by atoms with Crippen LogP contribution in [0, 0.1) is 6.92 Å². The van der Waals surface area contributed by atoms with Crippen LogP contribution in [0.1, 0.15) is 18.1 Å². The molecule has 0 unspecified atom stereocenters. The number of aryl methyl sites for hydroxylation is 1. The maximum Gasteiger partial charge on any atom is 0.0713 e. The predicted molar refractivity (Wildman–Crippen MR) is 55.4 cm³/mol. The summed E-state index contributed by atoms with van der Waals surface area (Å²) < 4.78 is 0. The standard InChI is InChI=1S/C12H14O/c1-10(9-13)7-8-12-6-4-3-5-11(12)2/h3-6,8,13H,9H2,1-2H3. The van der Waals surface area contributed by atoms with E-state index in [1.54, 1.807) is 0 Å². The molecule has 1 aromatic rings. The largest absolute Gasteiger partial charge is 0.391 e. The van der Waals surface area contributed by atoms with Gasteiger partial charge in [-0.2, -0.15) is 0 Å². The third kappa shape index (κ3) is 2.90. The highest BCUT2D eigenvalue weighted by Gasteiger charge is 1.89. The van der Waals surface area contributed by atoms with Gasteiger partial charge in [-0.25, -0.2) is 0 Å². The van der Waals surface area contributed by atoms with Crippen LogP contribution in [-0.4, -0.2) is 11.7 Å². The van der Waals surface area contributed by atoms with Gasteiger partial charge in [0, 0.05) is 0 Å². The van der Waals surface area contributed by atoms with Crippen LogP contribution >= 0.6 is 0 Å². The normalized spacial score (nSPS) is 9.15. The summed E-state index contributed by atoms with van der Waals surface area (Å²) in [5.41, 5.74) is 6.25. The molecule has 0 aliphatic rings. The number of rotatable bonds is 2. The Morgan fingerprint density at radius 2 is 2.15 bits per heavy atom. The molecule has 13 heavy (non-hydrogen) atoms. The summed E-state index contributed by atoms with van der Waals surface area (Å²) in [6, 6.07) is 8.10. The molecule has 0 fully saturated rings. The summed E-state index contributed by atoms with van der Waals surface area (Å²) in [5.74, 6) is 0. The molecule has 68 valence electrons. The summed E-state index contributed by atoms with van der Waals surface area (Å²) in [6.45, 7) is 3.99. The van der Waals surface area contributed by atoms with Crippen molar-refractivity contribution in [3.05, 3.63) is 46.7 Å². The maximum atomic E-state index is 8.76. The number of hydrogen-bond acceptors (Lipinski definition) is 1. The molecule has 0 heterocycles. The van der Waals surface area contributed by atoms with E-state index in [0.717, 1.165) is 11.1 Å². The van der Waals surface area contributed by atoms with Gasteiger partial charge in [0.2, 0.25) is 0 Å². The lowest BCUT2D eigenvalue weighted by atomic mass is 10.1. The van der Waals surface area contributed by atoms with Gasteiger partial charge in [0.05, 0.1) is 6.61 Å². The van der Waals surface area contributed by atoms with E-state index in [1.807, 2.05) is 31.2 Å². The summed E-state index contributed by atoms with van der Waals surface area (Å²) in [4.78, 5) is 0. The molecule has 1 nitrogen and oxygen atoms in total. The molecule has 0 aromatic heterocycles. The highest BCUT2D eigenvalue weighted by Crippen LogP contribution is 2.08. The number of benzene rings is 1. The molecule has 1 heteroatoms. The molecule has 0 aliphatic carbocycles. The first-order valence-corrected chi connectivity index (χ1v) is 4.32. The number of aliphatic hydroxyl groups excluding tert-OH is 1. The zero-order valence-electron chi connectivity index (χ0n) is 8.04. The molecule has 0 aliphatic heterocycles. The van der Waals surface area contributed by atoms with Crippen LogP contribution in [0.5, 0.6) is 0 Å². The second kappa shape index (κ2) is 4.66. The van der Waals surface area contributed by atoms with Crippen LogP contribution < -0.4 is 0 Å². The van der Waals surface area contributed by atoms with Crippen LogP contribution in [-0.2, 0) is 0 Å². The lowest BCUT2D eigenvalue weighted by Crippen LogP contribution is -1.81. The Morgan fingerprint density at radius 1 is 1.46 bits per heavy atom. The molecule has 0 spiro atoms. The molecule has 0 atom stereocenters. The minimum atomic E-state index is 0.0718. The quantitative estimate of drug-likeness (QED) is 0.683. The van der Waals surface area contributed by atoms with Gasteiger partial charge in [-0.15, -0.1) is 5.73 Å². The fourth-order valence-electron chi connectivity index (χ4n) is 0.995. The first kappa shape index (κ1) is 9.79. The smallest absolute Gasteiger partial charge is 0.0713 e. The lowest BCUT2D eigenvalue weighted by molar-refractivity contribution is 0.332. The highest BCUT2D eigenvalue weighted by molar-refractivity contribution is 5.53. The van der Waals surface area contributed by atoms with E-state index >= 15 is 0 Å². The molecular formula is C12H14O. The molecule has 1 aromatic carbocycles. The maximum absolute atomic E-state index is 8.76. The van der Waals surface area contributed by atoms with Crippen molar-refractivity contribution in [2.24, 2.45) is 0 Å². The summed E-state index contributed by atoms with van der Waals surface area (Å²) >= 11 is 0. The fraction of sp³-hybridized carbons (Fsp3) is 0.250. The lowest BCUT2D eigenvalue weighted by Gasteiger charge is -1.96. The number of aliphatic hydroxyl groups is 1. The van der Waals surface area contributed by atoms with E-state index in [0.29, 0.717) is 0 Å². The van der Waals surface area contributed by atoms with E-state index in [4.69, 9.17) is 5.11 Å². The minimum Gasteiger partial charge on any atom is -0.391 e. The van der Waals surface area contributed by atoms with Gasteiger partial charge in [-0.05, 0) is 36.6 Å². The van der Waals surface area contributed by atoms with Gasteiger partial charge >= 0.3 is 0 Å². The Morgan fingerprint density at radius 3 is 2.77 bits per heavy atom. The average Bonchev–Trinajstić information content (AvgIpc) is 2.16. The SMILES string of the molecule is CC(=C=Cc1ccccc1C)CO. The zero-order chi connectivity index (χ0) is 9.68. The van der Waals surface area contributed by atoms with Crippen molar-refractivity contribution in [3.8, 4) is 0 Å². The number of hydrogen-bond donors (Lipinski definition) is 1. The molecular weight excluding hydrogens is 160 g/mol. The summed E-state index contributed by atoms with van der Waals surface area (Å²) in [7, 11) is 0. The van der Waals surface area contributed by atoms with E-state index in [2.05, 4.69) is 18.7 Å². The predicted octanol–water partition coefficient (Wildman–Crippen LogP) is 2.55. The van der Waals surface area contributed by atoms with Crippen molar-refractivity contribution in [3.63, 3.8) is 0 Å². The molecule has 1 N–H and O–H groups in total. The Labute approximate surface area is 79.0 Å². The van der Waals surface area contributed by atoms with Crippen LogP contribution in [0.3, 0.4) is 0 Å². The monoisotopic (exact) mass is 174 g/mol.